The van der Waals surface area contributed by atoms with Gasteiger partial charge in [-0.2, -0.15) is 5.26 Å². The SMILES string of the molecule is COC(CNc1nc2c(cc1C#N)CCC2)C(=O)O. The molecule has 0 fully saturated rings. The van der Waals surface area contributed by atoms with Crippen LogP contribution in [0.4, 0.5) is 5.82 Å². The fraction of sp³-hybridized carbons (Fsp3) is 0.462. The summed E-state index contributed by atoms with van der Waals surface area (Å²) in [4.78, 5) is 15.3. The number of nitrogens with zero attached hydrogens (tertiary/aromatic N) is 2. The first-order valence-corrected chi connectivity index (χ1v) is 6.08. The van der Waals surface area contributed by atoms with Crippen LogP contribution in [-0.4, -0.2) is 35.8 Å². The van der Waals surface area contributed by atoms with Gasteiger partial charge in [-0.3, -0.25) is 0 Å². The van der Waals surface area contributed by atoms with Gasteiger partial charge in [0.05, 0.1) is 12.1 Å². The van der Waals surface area contributed by atoms with Crippen molar-refractivity contribution >= 4 is 11.8 Å². The molecule has 6 nitrogen and oxygen atoms in total. The highest BCUT2D eigenvalue weighted by molar-refractivity contribution is 5.73. The van der Waals surface area contributed by atoms with Gasteiger partial charge in [-0.1, -0.05) is 0 Å². The maximum absolute atomic E-state index is 10.8. The predicted octanol–water partition coefficient (Wildman–Crippen LogP) is 0.953. The lowest BCUT2D eigenvalue weighted by molar-refractivity contribution is -0.147. The second-order valence-electron chi connectivity index (χ2n) is 4.40. The average Bonchev–Trinajstić information content (AvgIpc) is 2.85. The predicted molar refractivity (Wildman–Crippen MR) is 67.9 cm³/mol. The summed E-state index contributed by atoms with van der Waals surface area (Å²) in [7, 11) is 1.34. The molecule has 0 aliphatic heterocycles. The molecule has 2 rings (SSSR count). The monoisotopic (exact) mass is 261 g/mol. The minimum Gasteiger partial charge on any atom is -0.479 e. The number of nitriles is 1. The fourth-order valence-corrected chi connectivity index (χ4v) is 2.15. The Labute approximate surface area is 111 Å². The maximum Gasteiger partial charge on any atom is 0.334 e. The van der Waals surface area contributed by atoms with E-state index in [1.807, 2.05) is 6.07 Å². The molecule has 1 aromatic heterocycles. The molecule has 1 unspecified atom stereocenters. The summed E-state index contributed by atoms with van der Waals surface area (Å²) in [5, 5.41) is 20.9. The number of pyridine rings is 1. The minimum atomic E-state index is -1.05. The molecule has 0 aromatic carbocycles. The molecule has 1 heterocycles. The number of aromatic nitrogens is 1. The van der Waals surface area contributed by atoms with Crippen molar-refractivity contribution < 1.29 is 14.6 Å². The Morgan fingerprint density at radius 3 is 3.11 bits per heavy atom. The van der Waals surface area contributed by atoms with Gasteiger partial charge < -0.3 is 15.2 Å². The molecule has 19 heavy (non-hydrogen) atoms. The van der Waals surface area contributed by atoms with Gasteiger partial charge in [0.1, 0.15) is 11.9 Å². The molecule has 0 bridgehead atoms. The molecule has 100 valence electrons. The van der Waals surface area contributed by atoms with E-state index in [-0.39, 0.29) is 6.54 Å². The molecular formula is C13H15N3O3. The van der Waals surface area contributed by atoms with Gasteiger partial charge in [0.25, 0.3) is 0 Å². The van der Waals surface area contributed by atoms with Crippen LogP contribution in [0, 0.1) is 11.3 Å². The lowest BCUT2D eigenvalue weighted by Crippen LogP contribution is -2.30. The Bertz CT molecular complexity index is 537. The molecule has 0 amide bonds. The second-order valence-corrected chi connectivity index (χ2v) is 4.40. The van der Waals surface area contributed by atoms with E-state index >= 15 is 0 Å². The number of carboxylic acid groups (broad SMARTS) is 1. The number of nitrogens with one attached hydrogen (secondary N) is 1. The van der Waals surface area contributed by atoms with Crippen LogP contribution < -0.4 is 5.32 Å². The Kier molecular flexibility index (Phi) is 3.97. The van der Waals surface area contributed by atoms with Crippen LogP contribution in [-0.2, 0) is 22.4 Å². The summed E-state index contributed by atoms with van der Waals surface area (Å²) in [5.74, 6) is -0.610. The van der Waals surface area contributed by atoms with Crippen LogP contribution in [0.5, 0.6) is 0 Å². The third-order valence-corrected chi connectivity index (χ3v) is 3.19. The third-order valence-electron chi connectivity index (χ3n) is 3.19. The van der Waals surface area contributed by atoms with E-state index in [2.05, 4.69) is 16.4 Å². The fourth-order valence-electron chi connectivity index (χ4n) is 2.15. The van der Waals surface area contributed by atoms with Crippen molar-refractivity contribution in [3.8, 4) is 6.07 Å². The summed E-state index contributed by atoms with van der Waals surface area (Å²) < 4.78 is 4.83. The number of hydrogen-bond acceptors (Lipinski definition) is 5. The minimum absolute atomic E-state index is 0.0757. The van der Waals surface area contributed by atoms with Crippen molar-refractivity contribution in [1.29, 1.82) is 5.26 Å². The zero-order chi connectivity index (χ0) is 13.8. The highest BCUT2D eigenvalue weighted by atomic mass is 16.5. The number of ether oxygens (including phenoxy) is 1. The van der Waals surface area contributed by atoms with Crippen LogP contribution in [0.15, 0.2) is 6.07 Å². The molecule has 0 radical (unpaired) electrons. The normalized spacial score (nSPS) is 14.5. The van der Waals surface area contributed by atoms with Crippen LogP contribution in [0.2, 0.25) is 0 Å². The van der Waals surface area contributed by atoms with Gasteiger partial charge in [-0.05, 0) is 30.9 Å². The first kappa shape index (κ1) is 13.3. The molecule has 0 saturated carbocycles. The smallest absolute Gasteiger partial charge is 0.334 e. The van der Waals surface area contributed by atoms with E-state index in [1.165, 1.54) is 7.11 Å². The molecule has 1 aliphatic rings. The molecule has 0 spiro atoms. The Hall–Kier alpha value is -2.13. The van der Waals surface area contributed by atoms with Crippen molar-refractivity contribution in [2.45, 2.75) is 25.4 Å². The summed E-state index contributed by atoms with van der Waals surface area (Å²) in [6.45, 7) is 0.0757. The van der Waals surface area contributed by atoms with E-state index < -0.39 is 12.1 Å². The number of carboxylic acids is 1. The number of aryl methyl sites for hydroxylation is 2. The van der Waals surface area contributed by atoms with Gasteiger partial charge in [-0.25, -0.2) is 9.78 Å². The Morgan fingerprint density at radius 2 is 2.47 bits per heavy atom. The van der Waals surface area contributed by atoms with Crippen LogP contribution in [0.25, 0.3) is 0 Å². The third kappa shape index (κ3) is 2.83. The summed E-state index contributed by atoms with van der Waals surface area (Å²) >= 11 is 0. The first-order chi connectivity index (χ1) is 9.15. The largest absolute Gasteiger partial charge is 0.479 e. The molecule has 1 atom stereocenters. The van der Waals surface area contributed by atoms with Crippen molar-refractivity contribution in [2.75, 3.05) is 19.0 Å². The van der Waals surface area contributed by atoms with Crippen molar-refractivity contribution in [1.82, 2.24) is 4.98 Å². The average molecular weight is 261 g/mol. The Balaban J connectivity index is 2.16. The van der Waals surface area contributed by atoms with Gasteiger partial charge in [0.15, 0.2) is 6.10 Å². The van der Waals surface area contributed by atoms with E-state index in [1.54, 1.807) is 0 Å². The van der Waals surface area contributed by atoms with E-state index in [4.69, 9.17) is 15.1 Å². The van der Waals surface area contributed by atoms with Crippen LogP contribution in [0.3, 0.4) is 0 Å². The molecule has 1 aromatic rings. The quantitative estimate of drug-likeness (QED) is 0.819. The number of hydrogen-bond donors (Lipinski definition) is 2. The number of fused-ring (bicyclic) bond motifs is 1. The second kappa shape index (κ2) is 5.67. The highest BCUT2D eigenvalue weighted by Crippen LogP contribution is 2.24. The zero-order valence-electron chi connectivity index (χ0n) is 10.6. The number of methoxy groups -OCH3 is 1. The molecular weight excluding hydrogens is 246 g/mol. The van der Waals surface area contributed by atoms with Crippen molar-refractivity contribution in [3.05, 3.63) is 22.9 Å². The molecule has 2 N–H and O–H groups in total. The molecule has 0 saturated heterocycles. The molecule has 6 heteroatoms. The lowest BCUT2D eigenvalue weighted by atomic mass is 10.1. The van der Waals surface area contributed by atoms with E-state index in [9.17, 15) is 4.79 Å². The number of carbonyl (C=O) groups is 1. The zero-order valence-corrected chi connectivity index (χ0v) is 10.6. The Morgan fingerprint density at radius 1 is 1.68 bits per heavy atom. The highest BCUT2D eigenvalue weighted by Gasteiger charge is 2.19. The van der Waals surface area contributed by atoms with Gasteiger partial charge in [-0.15, -0.1) is 0 Å². The standard InChI is InChI=1S/C13H15N3O3/c1-19-11(13(17)18)7-15-12-9(6-14)5-8-3-2-4-10(8)16-12/h5,11H,2-4,7H2,1H3,(H,15,16)(H,17,18). The topological polar surface area (TPSA) is 95.2 Å². The van der Waals surface area contributed by atoms with E-state index in [0.29, 0.717) is 11.4 Å². The lowest BCUT2D eigenvalue weighted by Gasteiger charge is -2.13. The number of aliphatic carboxylic acids is 1. The first-order valence-electron chi connectivity index (χ1n) is 6.08. The van der Waals surface area contributed by atoms with Crippen molar-refractivity contribution in [2.24, 2.45) is 0 Å². The summed E-state index contributed by atoms with van der Waals surface area (Å²) in [5.41, 5.74) is 2.55. The van der Waals surface area contributed by atoms with Gasteiger partial charge in [0.2, 0.25) is 0 Å². The van der Waals surface area contributed by atoms with E-state index in [0.717, 1.165) is 30.5 Å². The van der Waals surface area contributed by atoms with Gasteiger partial charge >= 0.3 is 5.97 Å². The summed E-state index contributed by atoms with van der Waals surface area (Å²) in [6.07, 6.45) is 1.95. The van der Waals surface area contributed by atoms with Gasteiger partial charge in [0, 0.05) is 12.8 Å². The maximum atomic E-state index is 10.8. The van der Waals surface area contributed by atoms with Crippen LogP contribution in [0.1, 0.15) is 23.2 Å². The van der Waals surface area contributed by atoms with Crippen molar-refractivity contribution in [3.63, 3.8) is 0 Å². The summed E-state index contributed by atoms with van der Waals surface area (Å²) in [6, 6.07) is 3.92. The number of rotatable bonds is 5. The number of anilines is 1. The van der Waals surface area contributed by atoms with Crippen LogP contribution >= 0.6 is 0 Å². The molecule has 1 aliphatic carbocycles.